The quantitative estimate of drug-likeness (QED) is 0.633. The van der Waals surface area contributed by atoms with E-state index in [9.17, 15) is 4.39 Å². The van der Waals surface area contributed by atoms with Crippen LogP contribution in [0.25, 0.3) is 0 Å². The molecular weight excluding hydrogens is 327 g/mol. The van der Waals surface area contributed by atoms with E-state index in [2.05, 4.69) is 47.4 Å². The van der Waals surface area contributed by atoms with E-state index < -0.39 is 0 Å². The van der Waals surface area contributed by atoms with Crippen molar-refractivity contribution in [1.29, 1.82) is 0 Å². The summed E-state index contributed by atoms with van der Waals surface area (Å²) in [5.41, 5.74) is 3.61. The highest BCUT2D eigenvalue weighted by Gasteiger charge is 2.18. The summed E-state index contributed by atoms with van der Waals surface area (Å²) in [5, 5.41) is 6.45. The van der Waals surface area contributed by atoms with E-state index in [1.165, 1.54) is 17.7 Å². The number of hydrogen-bond donors (Lipinski definition) is 2. The summed E-state index contributed by atoms with van der Waals surface area (Å²) >= 11 is 0. The van der Waals surface area contributed by atoms with Crippen LogP contribution in [0, 0.1) is 12.7 Å². The van der Waals surface area contributed by atoms with Crippen molar-refractivity contribution in [1.82, 2.24) is 9.97 Å². The molecule has 0 saturated heterocycles. The predicted molar refractivity (Wildman–Crippen MR) is 105 cm³/mol. The molecule has 1 heterocycles. The van der Waals surface area contributed by atoms with Gasteiger partial charge in [0.1, 0.15) is 11.6 Å². The minimum atomic E-state index is -0.293. The van der Waals surface area contributed by atoms with Gasteiger partial charge in [0, 0.05) is 23.1 Å². The molecule has 0 bridgehead atoms. The molecule has 2 aromatic carbocycles. The van der Waals surface area contributed by atoms with Crippen molar-refractivity contribution in [3.8, 4) is 0 Å². The third kappa shape index (κ3) is 4.36. The molecule has 0 atom stereocenters. The van der Waals surface area contributed by atoms with Gasteiger partial charge in [-0.2, -0.15) is 4.98 Å². The first-order valence-electron chi connectivity index (χ1n) is 8.56. The Kier molecular flexibility index (Phi) is 4.89. The van der Waals surface area contributed by atoms with Crippen molar-refractivity contribution in [3.63, 3.8) is 0 Å². The van der Waals surface area contributed by atoms with Crippen LogP contribution < -0.4 is 10.6 Å². The fourth-order valence-electron chi connectivity index (χ4n) is 2.77. The largest absolute Gasteiger partial charge is 0.340 e. The van der Waals surface area contributed by atoms with Gasteiger partial charge in [-0.1, -0.05) is 45.0 Å². The Morgan fingerprint density at radius 1 is 0.885 bits per heavy atom. The van der Waals surface area contributed by atoms with Gasteiger partial charge in [0.25, 0.3) is 0 Å². The zero-order valence-corrected chi connectivity index (χ0v) is 15.5. The van der Waals surface area contributed by atoms with Crippen molar-refractivity contribution in [2.45, 2.75) is 33.1 Å². The molecule has 0 amide bonds. The van der Waals surface area contributed by atoms with Gasteiger partial charge in [0.2, 0.25) is 5.95 Å². The number of aromatic nitrogens is 2. The molecule has 0 unspecified atom stereocenters. The Morgan fingerprint density at radius 3 is 2.38 bits per heavy atom. The van der Waals surface area contributed by atoms with E-state index in [0.717, 1.165) is 11.4 Å². The SMILES string of the molecule is Cc1cc(Nc2cccc(F)c2)nc(Nc2ccccc2C(C)(C)C)n1. The lowest BCUT2D eigenvalue weighted by Gasteiger charge is -2.23. The van der Waals surface area contributed by atoms with Crippen LogP contribution in [-0.4, -0.2) is 9.97 Å². The molecule has 26 heavy (non-hydrogen) atoms. The summed E-state index contributed by atoms with van der Waals surface area (Å²) in [7, 11) is 0. The third-order valence-electron chi connectivity index (χ3n) is 3.93. The van der Waals surface area contributed by atoms with Gasteiger partial charge in [-0.05, 0) is 42.2 Å². The zero-order valence-electron chi connectivity index (χ0n) is 15.5. The van der Waals surface area contributed by atoms with Crippen LogP contribution >= 0.6 is 0 Å². The molecule has 3 aromatic rings. The topological polar surface area (TPSA) is 49.8 Å². The summed E-state index contributed by atoms with van der Waals surface area (Å²) in [4.78, 5) is 9.00. The fraction of sp³-hybridized carbons (Fsp3) is 0.238. The van der Waals surface area contributed by atoms with Crippen molar-refractivity contribution >= 4 is 23.1 Å². The maximum atomic E-state index is 13.4. The Hall–Kier alpha value is -2.95. The van der Waals surface area contributed by atoms with Gasteiger partial charge in [-0.25, -0.2) is 9.37 Å². The van der Waals surface area contributed by atoms with Crippen LogP contribution in [0.15, 0.2) is 54.6 Å². The van der Waals surface area contributed by atoms with Gasteiger partial charge in [0.15, 0.2) is 0 Å². The number of hydrogen-bond acceptors (Lipinski definition) is 4. The van der Waals surface area contributed by atoms with Crippen molar-refractivity contribution in [2.75, 3.05) is 10.6 Å². The smallest absolute Gasteiger partial charge is 0.229 e. The van der Waals surface area contributed by atoms with Gasteiger partial charge in [0.05, 0.1) is 0 Å². The average Bonchev–Trinajstić information content (AvgIpc) is 2.54. The molecule has 0 radical (unpaired) electrons. The van der Waals surface area contributed by atoms with Gasteiger partial charge < -0.3 is 10.6 Å². The lowest BCUT2D eigenvalue weighted by Crippen LogP contribution is -2.14. The summed E-state index contributed by atoms with van der Waals surface area (Å²) in [5.74, 6) is 0.817. The summed E-state index contributed by atoms with van der Waals surface area (Å²) in [6.07, 6.45) is 0. The summed E-state index contributed by atoms with van der Waals surface area (Å²) < 4.78 is 13.4. The molecule has 0 spiro atoms. The molecule has 5 heteroatoms. The molecule has 4 nitrogen and oxygen atoms in total. The first-order valence-corrected chi connectivity index (χ1v) is 8.56. The van der Waals surface area contributed by atoms with Crippen LogP contribution in [0.2, 0.25) is 0 Å². The van der Waals surface area contributed by atoms with Gasteiger partial charge in [-0.15, -0.1) is 0 Å². The highest BCUT2D eigenvalue weighted by atomic mass is 19.1. The van der Waals surface area contributed by atoms with E-state index >= 15 is 0 Å². The molecule has 2 N–H and O–H groups in total. The summed E-state index contributed by atoms with van der Waals surface area (Å²) in [6.45, 7) is 8.41. The fourth-order valence-corrected chi connectivity index (χ4v) is 2.77. The number of aryl methyl sites for hydroxylation is 1. The second kappa shape index (κ2) is 7.12. The van der Waals surface area contributed by atoms with E-state index in [0.29, 0.717) is 17.5 Å². The van der Waals surface area contributed by atoms with Crippen molar-refractivity contribution < 1.29 is 4.39 Å². The van der Waals surface area contributed by atoms with Crippen molar-refractivity contribution in [3.05, 3.63) is 71.7 Å². The monoisotopic (exact) mass is 350 g/mol. The minimum absolute atomic E-state index is 0.00390. The predicted octanol–water partition coefficient (Wildman–Crippen LogP) is 5.71. The maximum Gasteiger partial charge on any atom is 0.229 e. The Balaban J connectivity index is 1.89. The number of nitrogens with zero attached hydrogens (tertiary/aromatic N) is 2. The number of halogens is 1. The van der Waals surface area contributed by atoms with E-state index in [4.69, 9.17) is 0 Å². The molecule has 0 aliphatic rings. The molecular formula is C21H23FN4. The van der Waals surface area contributed by atoms with Crippen LogP contribution in [0.1, 0.15) is 32.0 Å². The van der Waals surface area contributed by atoms with Gasteiger partial charge in [-0.3, -0.25) is 0 Å². The third-order valence-corrected chi connectivity index (χ3v) is 3.93. The number of nitrogens with one attached hydrogen (secondary N) is 2. The zero-order chi connectivity index (χ0) is 18.7. The average molecular weight is 350 g/mol. The lowest BCUT2D eigenvalue weighted by atomic mass is 9.86. The van der Waals surface area contributed by atoms with Crippen LogP contribution in [0.4, 0.5) is 27.5 Å². The second-order valence-corrected chi connectivity index (χ2v) is 7.27. The summed E-state index contributed by atoms with van der Waals surface area (Å²) in [6, 6.07) is 16.3. The number of rotatable bonds is 4. The van der Waals surface area contributed by atoms with E-state index in [1.807, 2.05) is 31.2 Å². The van der Waals surface area contributed by atoms with Crippen LogP contribution in [-0.2, 0) is 5.41 Å². The lowest BCUT2D eigenvalue weighted by molar-refractivity contribution is 0.592. The van der Waals surface area contributed by atoms with Crippen LogP contribution in [0.5, 0.6) is 0 Å². The molecule has 0 saturated carbocycles. The standard InChI is InChI=1S/C21H23FN4/c1-14-12-19(24-16-9-7-8-15(22)13-16)26-20(23-14)25-18-11-6-5-10-17(18)21(2,3)4/h5-13H,1-4H3,(H2,23,24,25,26). The number of para-hydroxylation sites is 1. The number of anilines is 4. The minimum Gasteiger partial charge on any atom is -0.340 e. The van der Waals surface area contributed by atoms with Crippen molar-refractivity contribution in [2.24, 2.45) is 0 Å². The molecule has 0 fully saturated rings. The molecule has 0 aliphatic carbocycles. The molecule has 3 rings (SSSR count). The van der Waals surface area contributed by atoms with Crippen LogP contribution in [0.3, 0.4) is 0 Å². The first-order chi connectivity index (χ1) is 12.3. The maximum absolute atomic E-state index is 13.4. The molecule has 0 aliphatic heterocycles. The Bertz CT molecular complexity index is 916. The second-order valence-electron chi connectivity index (χ2n) is 7.27. The van der Waals surface area contributed by atoms with E-state index in [-0.39, 0.29) is 11.2 Å². The Morgan fingerprint density at radius 2 is 1.65 bits per heavy atom. The highest BCUT2D eigenvalue weighted by molar-refractivity contribution is 5.63. The molecule has 134 valence electrons. The number of benzene rings is 2. The normalized spacial score (nSPS) is 11.3. The van der Waals surface area contributed by atoms with E-state index in [1.54, 1.807) is 12.1 Å². The first kappa shape index (κ1) is 17.9. The van der Waals surface area contributed by atoms with Gasteiger partial charge >= 0.3 is 0 Å². The molecule has 1 aromatic heterocycles. The Labute approximate surface area is 153 Å². The highest BCUT2D eigenvalue weighted by Crippen LogP contribution is 2.31.